The number of rotatable bonds is 5. The lowest BCUT2D eigenvalue weighted by Crippen LogP contribution is -2.59. The standard InChI is InChI=1S/C29H35ClO5/c1-27-11-9-23-20(22(27)10-12-29(27,35)26(34)16-31)8-7-17-13-19(32)14-18(28(17,23)2)15-25(33)21-5-3-4-6-24(21)30/h3-6,13,18,20,22-23,31,35H,7-12,14-16H2,1-2H3/t18?,20-,22-,23-,27-,28+,29-/m0/s1. The molecule has 1 aromatic rings. The van der Waals surface area contributed by atoms with Crippen LogP contribution in [0.2, 0.25) is 5.02 Å². The van der Waals surface area contributed by atoms with Crippen molar-refractivity contribution in [2.45, 2.75) is 70.8 Å². The van der Waals surface area contributed by atoms with Crippen LogP contribution in [0.1, 0.15) is 75.6 Å². The molecule has 1 unspecified atom stereocenters. The van der Waals surface area contributed by atoms with Gasteiger partial charge >= 0.3 is 0 Å². The Kier molecular flexibility index (Phi) is 6.13. The molecule has 0 spiro atoms. The minimum atomic E-state index is -1.48. The van der Waals surface area contributed by atoms with Crippen LogP contribution in [0.3, 0.4) is 0 Å². The summed E-state index contributed by atoms with van der Waals surface area (Å²) in [5, 5.41) is 21.4. The molecular weight excluding hydrogens is 464 g/mol. The number of aliphatic hydroxyl groups is 2. The molecular formula is C29H35ClO5. The van der Waals surface area contributed by atoms with Gasteiger partial charge in [-0.3, -0.25) is 14.4 Å². The van der Waals surface area contributed by atoms with E-state index in [1.54, 1.807) is 18.2 Å². The Morgan fingerprint density at radius 3 is 2.51 bits per heavy atom. The SMILES string of the molecule is C[C@]12CC[C@H]3[C@@H](CCC4=CC(=O)CC(CC(=O)c5ccccc5Cl)[C@@]43C)[C@@H]1CC[C@]2(O)C(=O)CO. The highest BCUT2D eigenvalue weighted by Gasteiger charge is 2.66. The van der Waals surface area contributed by atoms with Crippen LogP contribution in [-0.4, -0.2) is 39.8 Å². The predicted molar refractivity (Wildman–Crippen MR) is 133 cm³/mol. The number of aliphatic hydroxyl groups excluding tert-OH is 1. The number of allylic oxidation sites excluding steroid dienone is 1. The van der Waals surface area contributed by atoms with Gasteiger partial charge in [-0.15, -0.1) is 0 Å². The first-order chi connectivity index (χ1) is 16.6. The van der Waals surface area contributed by atoms with Gasteiger partial charge in [0.05, 0.1) is 5.02 Å². The quantitative estimate of drug-likeness (QED) is 0.559. The number of halogens is 1. The van der Waals surface area contributed by atoms with Crippen molar-refractivity contribution < 1.29 is 24.6 Å². The predicted octanol–water partition coefficient (Wildman–Crippen LogP) is 4.96. The van der Waals surface area contributed by atoms with Crippen molar-refractivity contribution >= 4 is 29.0 Å². The fourth-order valence-electron chi connectivity index (χ4n) is 8.68. The number of Topliss-reactive ketones (excluding diaryl/α,β-unsaturated/α-hetero) is 2. The van der Waals surface area contributed by atoms with Crippen LogP contribution in [0.25, 0.3) is 0 Å². The monoisotopic (exact) mass is 498 g/mol. The minimum Gasteiger partial charge on any atom is -0.388 e. The normalized spacial score (nSPS) is 40.4. The molecule has 3 fully saturated rings. The van der Waals surface area contributed by atoms with Crippen LogP contribution in [-0.2, 0) is 9.59 Å². The highest BCUT2D eigenvalue weighted by atomic mass is 35.5. The van der Waals surface area contributed by atoms with Gasteiger partial charge in [0.25, 0.3) is 0 Å². The topological polar surface area (TPSA) is 91.7 Å². The maximum atomic E-state index is 13.3. The van der Waals surface area contributed by atoms with Gasteiger partial charge in [0, 0.05) is 23.8 Å². The number of hydrogen-bond donors (Lipinski definition) is 2. The number of carbonyl (C=O) groups excluding carboxylic acids is 3. The summed E-state index contributed by atoms with van der Waals surface area (Å²) in [5.74, 6) is 0.273. The summed E-state index contributed by atoms with van der Waals surface area (Å²) in [4.78, 5) is 38.7. The Bertz CT molecular complexity index is 1110. The Labute approximate surface area is 211 Å². The molecule has 1 aromatic carbocycles. The van der Waals surface area contributed by atoms with Gasteiger partial charge in [0.2, 0.25) is 0 Å². The molecule has 0 bridgehead atoms. The maximum absolute atomic E-state index is 13.3. The van der Waals surface area contributed by atoms with E-state index in [4.69, 9.17) is 11.6 Å². The molecule has 0 radical (unpaired) electrons. The van der Waals surface area contributed by atoms with E-state index in [0.717, 1.165) is 31.3 Å². The van der Waals surface area contributed by atoms with Crippen LogP contribution in [0.5, 0.6) is 0 Å². The fourth-order valence-corrected chi connectivity index (χ4v) is 8.92. The van der Waals surface area contributed by atoms with Crippen molar-refractivity contribution in [3.8, 4) is 0 Å². The summed E-state index contributed by atoms with van der Waals surface area (Å²) in [6, 6.07) is 7.09. The molecule has 188 valence electrons. The van der Waals surface area contributed by atoms with Crippen molar-refractivity contribution in [1.82, 2.24) is 0 Å². The summed E-state index contributed by atoms with van der Waals surface area (Å²) >= 11 is 6.32. The van der Waals surface area contributed by atoms with Gasteiger partial charge in [-0.05, 0) is 85.8 Å². The second kappa shape index (κ2) is 8.64. The first kappa shape index (κ1) is 24.9. The van der Waals surface area contributed by atoms with Crippen LogP contribution in [0.4, 0.5) is 0 Å². The van der Waals surface area contributed by atoms with E-state index in [9.17, 15) is 24.6 Å². The maximum Gasteiger partial charge on any atom is 0.190 e. The molecule has 4 aliphatic rings. The molecule has 0 amide bonds. The zero-order chi connectivity index (χ0) is 25.2. The van der Waals surface area contributed by atoms with Crippen LogP contribution in [0, 0.1) is 34.5 Å². The van der Waals surface area contributed by atoms with Crippen molar-refractivity contribution in [2.24, 2.45) is 34.5 Å². The second-order valence-electron chi connectivity index (χ2n) is 11.8. The molecule has 0 aliphatic heterocycles. The molecule has 5 nitrogen and oxygen atoms in total. The summed E-state index contributed by atoms with van der Waals surface area (Å²) in [6.07, 6.45) is 6.88. The molecule has 5 rings (SSSR count). The van der Waals surface area contributed by atoms with Gasteiger partial charge in [-0.1, -0.05) is 43.2 Å². The van der Waals surface area contributed by atoms with Crippen LogP contribution >= 0.6 is 11.6 Å². The molecule has 7 atom stereocenters. The molecule has 2 N–H and O–H groups in total. The zero-order valence-electron chi connectivity index (χ0n) is 20.6. The third kappa shape index (κ3) is 3.53. The average molecular weight is 499 g/mol. The van der Waals surface area contributed by atoms with Crippen molar-refractivity contribution in [3.63, 3.8) is 0 Å². The number of ketones is 3. The second-order valence-corrected chi connectivity index (χ2v) is 12.2. The fraction of sp³-hybridized carbons (Fsp3) is 0.621. The Hall–Kier alpha value is -1.82. The van der Waals surface area contributed by atoms with Crippen molar-refractivity contribution in [3.05, 3.63) is 46.5 Å². The van der Waals surface area contributed by atoms with E-state index in [0.29, 0.717) is 35.8 Å². The molecule has 3 saturated carbocycles. The smallest absolute Gasteiger partial charge is 0.190 e. The van der Waals surface area contributed by atoms with Gasteiger partial charge < -0.3 is 10.2 Å². The first-order valence-electron chi connectivity index (χ1n) is 12.9. The van der Waals surface area contributed by atoms with Crippen LogP contribution < -0.4 is 0 Å². The molecule has 0 saturated heterocycles. The summed E-state index contributed by atoms with van der Waals surface area (Å²) in [6.45, 7) is 3.64. The Morgan fingerprint density at radius 2 is 1.80 bits per heavy atom. The van der Waals surface area contributed by atoms with Gasteiger partial charge in [-0.25, -0.2) is 0 Å². The van der Waals surface area contributed by atoms with Gasteiger partial charge in [0.15, 0.2) is 17.3 Å². The lowest BCUT2D eigenvalue weighted by molar-refractivity contribution is -0.166. The Balaban J connectivity index is 1.48. The Morgan fingerprint density at radius 1 is 1.09 bits per heavy atom. The van der Waals surface area contributed by atoms with E-state index in [2.05, 4.69) is 6.92 Å². The van der Waals surface area contributed by atoms with Crippen molar-refractivity contribution in [1.29, 1.82) is 0 Å². The molecule has 35 heavy (non-hydrogen) atoms. The van der Waals surface area contributed by atoms with E-state index in [1.165, 1.54) is 0 Å². The minimum absolute atomic E-state index is 0.0255. The number of hydrogen-bond acceptors (Lipinski definition) is 5. The summed E-state index contributed by atoms with van der Waals surface area (Å²) in [7, 11) is 0. The molecule has 6 heteroatoms. The largest absolute Gasteiger partial charge is 0.388 e. The number of benzene rings is 1. The lowest BCUT2D eigenvalue weighted by atomic mass is 9.44. The van der Waals surface area contributed by atoms with E-state index in [-0.39, 0.29) is 41.2 Å². The van der Waals surface area contributed by atoms with Gasteiger partial charge in [-0.2, -0.15) is 0 Å². The van der Waals surface area contributed by atoms with E-state index in [1.807, 2.05) is 19.1 Å². The molecule has 0 heterocycles. The summed E-state index contributed by atoms with van der Waals surface area (Å²) in [5.41, 5.74) is -0.644. The molecule has 0 aromatic heterocycles. The molecule has 4 aliphatic carbocycles. The van der Waals surface area contributed by atoms with E-state index >= 15 is 0 Å². The third-order valence-electron chi connectivity index (χ3n) is 10.6. The highest BCUT2D eigenvalue weighted by molar-refractivity contribution is 6.34. The zero-order valence-corrected chi connectivity index (χ0v) is 21.3. The van der Waals surface area contributed by atoms with E-state index < -0.39 is 23.4 Å². The first-order valence-corrected chi connectivity index (χ1v) is 13.3. The van der Waals surface area contributed by atoms with Crippen LogP contribution in [0.15, 0.2) is 35.9 Å². The summed E-state index contributed by atoms with van der Waals surface area (Å²) < 4.78 is 0. The lowest BCUT2D eigenvalue weighted by Gasteiger charge is -2.60. The highest BCUT2D eigenvalue weighted by Crippen LogP contribution is 2.68. The number of carbonyl (C=O) groups is 3. The average Bonchev–Trinajstić information content (AvgIpc) is 3.11. The van der Waals surface area contributed by atoms with Gasteiger partial charge in [0.1, 0.15) is 12.2 Å². The number of fused-ring (bicyclic) bond motifs is 5. The van der Waals surface area contributed by atoms with Crippen molar-refractivity contribution in [2.75, 3.05) is 6.61 Å². The third-order valence-corrected chi connectivity index (χ3v) is 11.0.